The molecule has 10 heteroatoms. The Morgan fingerprint density at radius 1 is 1.41 bits per heavy atom. The minimum Gasteiger partial charge on any atom is -0.245 e. The molecular formula is C7H4BrClN4O2S2. The van der Waals surface area contributed by atoms with Crippen LogP contribution in [0.3, 0.4) is 0 Å². The van der Waals surface area contributed by atoms with E-state index in [4.69, 9.17) is 11.6 Å². The lowest BCUT2D eigenvalue weighted by Gasteiger charge is -2.02. The molecule has 2 aromatic rings. The Morgan fingerprint density at radius 2 is 2.18 bits per heavy atom. The summed E-state index contributed by atoms with van der Waals surface area (Å²) in [6.07, 6.45) is 2.68. The van der Waals surface area contributed by atoms with E-state index >= 15 is 0 Å². The summed E-state index contributed by atoms with van der Waals surface area (Å²) in [4.78, 5) is 3.71. The van der Waals surface area contributed by atoms with E-state index in [0.717, 1.165) is 11.3 Å². The molecule has 2 heterocycles. The molecule has 0 aliphatic heterocycles. The van der Waals surface area contributed by atoms with Crippen molar-refractivity contribution in [2.24, 2.45) is 0 Å². The molecule has 6 nitrogen and oxygen atoms in total. The Bertz CT molecular complexity index is 611. The van der Waals surface area contributed by atoms with E-state index < -0.39 is 10.0 Å². The summed E-state index contributed by atoms with van der Waals surface area (Å²) < 4.78 is 26.6. The Labute approximate surface area is 114 Å². The van der Waals surface area contributed by atoms with Crippen molar-refractivity contribution in [1.82, 2.24) is 15.2 Å². The predicted octanol–water partition coefficient (Wildman–Crippen LogP) is 2.15. The van der Waals surface area contributed by atoms with E-state index in [2.05, 4.69) is 35.8 Å². The summed E-state index contributed by atoms with van der Waals surface area (Å²) in [5, 5.41) is 7.38. The van der Waals surface area contributed by atoms with Crippen molar-refractivity contribution < 1.29 is 8.42 Å². The highest BCUT2D eigenvalue weighted by molar-refractivity contribution is 9.11. The van der Waals surface area contributed by atoms with Gasteiger partial charge in [0.05, 0.1) is 21.2 Å². The van der Waals surface area contributed by atoms with Crippen LogP contribution in [0.4, 0.5) is 5.95 Å². The largest absolute Gasteiger partial charge is 0.273 e. The van der Waals surface area contributed by atoms with E-state index in [-0.39, 0.29) is 10.2 Å². The summed E-state index contributed by atoms with van der Waals surface area (Å²) in [5.41, 5.74) is 0. The monoisotopic (exact) mass is 354 g/mol. The number of hydrogen-bond acceptors (Lipinski definition) is 6. The van der Waals surface area contributed by atoms with Gasteiger partial charge in [0, 0.05) is 0 Å². The zero-order valence-corrected chi connectivity index (χ0v) is 11.9. The molecule has 0 saturated heterocycles. The van der Waals surface area contributed by atoms with Crippen LogP contribution in [-0.4, -0.2) is 23.6 Å². The molecule has 0 fully saturated rings. The number of nitrogens with one attached hydrogen (secondary N) is 1. The van der Waals surface area contributed by atoms with Gasteiger partial charge in [-0.2, -0.15) is 5.10 Å². The zero-order chi connectivity index (χ0) is 12.5. The summed E-state index contributed by atoms with van der Waals surface area (Å²) >= 11 is 9.91. The number of sulfonamides is 1. The van der Waals surface area contributed by atoms with Crippen LogP contribution in [0.1, 0.15) is 0 Å². The standard InChI is InChI=1S/C7H4BrClN4O2S2/c8-6-4(9)3-5(16-6)17(14,15)13-7-10-1-2-11-12-7/h1-3H,(H,10,12,13). The van der Waals surface area contributed by atoms with Crippen LogP contribution in [0, 0.1) is 0 Å². The van der Waals surface area contributed by atoms with Gasteiger partial charge in [-0.15, -0.1) is 16.4 Å². The van der Waals surface area contributed by atoms with Crippen LogP contribution in [0.25, 0.3) is 0 Å². The van der Waals surface area contributed by atoms with E-state index in [9.17, 15) is 8.42 Å². The molecule has 2 aromatic heterocycles. The molecule has 0 bridgehead atoms. The van der Waals surface area contributed by atoms with Crippen LogP contribution in [-0.2, 0) is 10.0 Å². The number of anilines is 1. The van der Waals surface area contributed by atoms with Gasteiger partial charge >= 0.3 is 0 Å². The van der Waals surface area contributed by atoms with Crippen molar-refractivity contribution in [3.63, 3.8) is 0 Å². The van der Waals surface area contributed by atoms with Crippen LogP contribution >= 0.6 is 38.9 Å². The van der Waals surface area contributed by atoms with E-state index in [1.807, 2.05) is 0 Å². The quantitative estimate of drug-likeness (QED) is 0.912. The number of halogens is 2. The van der Waals surface area contributed by atoms with E-state index in [0.29, 0.717) is 8.81 Å². The van der Waals surface area contributed by atoms with Crippen LogP contribution in [0.2, 0.25) is 5.02 Å². The van der Waals surface area contributed by atoms with Crippen molar-refractivity contribution in [3.05, 3.63) is 27.3 Å². The minimum atomic E-state index is -3.73. The molecule has 17 heavy (non-hydrogen) atoms. The maximum absolute atomic E-state index is 11.9. The molecule has 2 rings (SSSR count). The topological polar surface area (TPSA) is 84.8 Å². The second kappa shape index (κ2) is 4.84. The Balaban J connectivity index is 2.32. The first-order chi connectivity index (χ1) is 7.99. The first-order valence-electron chi connectivity index (χ1n) is 4.10. The maximum Gasteiger partial charge on any atom is 0.273 e. The number of aromatic nitrogens is 3. The molecule has 0 radical (unpaired) electrons. The van der Waals surface area contributed by atoms with Crippen LogP contribution in [0.5, 0.6) is 0 Å². The fourth-order valence-electron chi connectivity index (χ4n) is 0.924. The van der Waals surface area contributed by atoms with Gasteiger partial charge in [-0.25, -0.2) is 18.1 Å². The lowest BCUT2D eigenvalue weighted by atomic mass is 10.7. The molecule has 0 aliphatic rings. The van der Waals surface area contributed by atoms with Gasteiger partial charge in [0.25, 0.3) is 16.0 Å². The lowest BCUT2D eigenvalue weighted by Crippen LogP contribution is -2.13. The van der Waals surface area contributed by atoms with Gasteiger partial charge in [-0.05, 0) is 22.0 Å². The Hall–Kier alpha value is -0.770. The SMILES string of the molecule is O=S(=O)(Nc1nccnn1)c1cc(Cl)c(Br)s1. The summed E-state index contributed by atoms with van der Waals surface area (Å²) in [5.74, 6) is -0.0897. The number of hydrogen-bond donors (Lipinski definition) is 1. The molecule has 0 saturated carbocycles. The molecule has 0 amide bonds. The van der Waals surface area contributed by atoms with Crippen LogP contribution < -0.4 is 4.72 Å². The average Bonchev–Trinajstić information content (AvgIpc) is 2.61. The number of nitrogens with zero attached hydrogens (tertiary/aromatic N) is 3. The number of rotatable bonds is 3. The van der Waals surface area contributed by atoms with Crippen molar-refractivity contribution in [3.8, 4) is 0 Å². The third-order valence-electron chi connectivity index (χ3n) is 1.60. The van der Waals surface area contributed by atoms with Gasteiger partial charge in [0.2, 0.25) is 0 Å². The third-order valence-corrected chi connectivity index (χ3v) is 5.87. The molecule has 0 aromatic carbocycles. The molecule has 1 N–H and O–H groups in total. The molecule has 0 unspecified atom stereocenters. The van der Waals surface area contributed by atoms with Gasteiger partial charge in [0.1, 0.15) is 4.21 Å². The van der Waals surface area contributed by atoms with Gasteiger partial charge in [-0.3, -0.25) is 0 Å². The average molecular weight is 356 g/mol. The highest BCUT2D eigenvalue weighted by Gasteiger charge is 2.20. The van der Waals surface area contributed by atoms with E-state index in [1.165, 1.54) is 18.5 Å². The summed E-state index contributed by atoms with van der Waals surface area (Å²) in [7, 11) is -3.73. The Morgan fingerprint density at radius 3 is 2.71 bits per heavy atom. The number of thiophene rings is 1. The summed E-state index contributed by atoms with van der Waals surface area (Å²) in [6.45, 7) is 0. The molecule has 90 valence electrons. The van der Waals surface area contributed by atoms with Crippen molar-refractivity contribution >= 4 is 54.8 Å². The first kappa shape index (κ1) is 12.7. The molecule has 0 spiro atoms. The molecular weight excluding hydrogens is 352 g/mol. The minimum absolute atomic E-state index is 0.0711. The second-order valence-electron chi connectivity index (χ2n) is 2.76. The highest BCUT2D eigenvalue weighted by Crippen LogP contribution is 2.34. The second-order valence-corrected chi connectivity index (χ2v) is 7.45. The van der Waals surface area contributed by atoms with Crippen LogP contribution in [0.15, 0.2) is 26.5 Å². The maximum atomic E-state index is 11.9. The Kier molecular flexibility index (Phi) is 3.61. The highest BCUT2D eigenvalue weighted by atomic mass is 79.9. The molecule has 0 aliphatic carbocycles. The zero-order valence-electron chi connectivity index (χ0n) is 7.96. The lowest BCUT2D eigenvalue weighted by molar-refractivity contribution is 0.602. The van der Waals surface area contributed by atoms with Crippen molar-refractivity contribution in [1.29, 1.82) is 0 Å². The van der Waals surface area contributed by atoms with Gasteiger partial charge in [-0.1, -0.05) is 11.6 Å². The fourth-order valence-corrected chi connectivity index (χ4v) is 4.27. The third kappa shape index (κ3) is 2.92. The summed E-state index contributed by atoms with van der Waals surface area (Å²) in [6, 6.07) is 1.34. The predicted molar refractivity (Wildman–Crippen MR) is 67.7 cm³/mol. The fraction of sp³-hybridized carbons (Fsp3) is 0. The van der Waals surface area contributed by atoms with Crippen molar-refractivity contribution in [2.45, 2.75) is 4.21 Å². The van der Waals surface area contributed by atoms with Gasteiger partial charge in [0.15, 0.2) is 0 Å². The normalized spacial score (nSPS) is 11.4. The van der Waals surface area contributed by atoms with Gasteiger partial charge < -0.3 is 0 Å². The smallest absolute Gasteiger partial charge is 0.245 e. The van der Waals surface area contributed by atoms with Crippen molar-refractivity contribution in [2.75, 3.05) is 4.72 Å². The van der Waals surface area contributed by atoms with E-state index in [1.54, 1.807) is 0 Å². The molecule has 0 atom stereocenters. The first-order valence-corrected chi connectivity index (χ1v) is 7.57.